The molecule has 0 bridgehead atoms. The number of hydrogen-bond acceptors (Lipinski definition) is 6. The molecule has 0 aliphatic carbocycles. The van der Waals surface area contributed by atoms with Crippen LogP contribution in [0.25, 0.3) is 0 Å². The summed E-state index contributed by atoms with van der Waals surface area (Å²) < 4.78 is 22.7. The van der Waals surface area contributed by atoms with Gasteiger partial charge in [0.2, 0.25) is 0 Å². The number of hydrogen-bond donors (Lipinski definition) is 2. The lowest BCUT2D eigenvalue weighted by atomic mass is 10.0. The van der Waals surface area contributed by atoms with E-state index in [0.29, 0.717) is 5.56 Å². The smallest absolute Gasteiger partial charge is 0.165 e. The Morgan fingerprint density at radius 3 is 2.70 bits per heavy atom. The first-order chi connectivity index (χ1) is 9.58. The lowest BCUT2D eigenvalue weighted by Gasteiger charge is -2.17. The number of nitrogens with one attached hydrogen (secondary N) is 1. The molecular weight excluding hydrogens is 279 g/mol. The molecule has 2 aromatic rings. The van der Waals surface area contributed by atoms with Gasteiger partial charge < -0.3 is 4.74 Å². The highest BCUT2D eigenvalue weighted by Crippen LogP contribution is 2.31. The van der Waals surface area contributed by atoms with Crippen LogP contribution in [0.3, 0.4) is 0 Å². The van der Waals surface area contributed by atoms with Crippen LogP contribution in [0.2, 0.25) is 0 Å². The molecule has 0 aliphatic heterocycles. The Labute approximate surface area is 121 Å². The number of nitrogens with two attached hydrogens (primary N) is 1. The monoisotopic (exact) mass is 296 g/mol. The number of rotatable bonds is 5. The first-order valence-electron chi connectivity index (χ1n) is 6.20. The molecule has 20 heavy (non-hydrogen) atoms. The molecule has 0 saturated carbocycles. The van der Waals surface area contributed by atoms with Gasteiger partial charge in [-0.05, 0) is 35.1 Å². The molecule has 7 heteroatoms. The van der Waals surface area contributed by atoms with Gasteiger partial charge in [0.05, 0.1) is 23.7 Å². The van der Waals surface area contributed by atoms with Crippen LogP contribution < -0.4 is 16.0 Å². The van der Waals surface area contributed by atoms with Gasteiger partial charge in [-0.1, -0.05) is 24.4 Å². The zero-order chi connectivity index (χ0) is 14.7. The maximum Gasteiger partial charge on any atom is 0.165 e. The maximum absolute atomic E-state index is 13.8. The summed E-state index contributed by atoms with van der Waals surface area (Å²) >= 11 is 1.26. The molecular formula is C13H17FN4OS. The van der Waals surface area contributed by atoms with Gasteiger partial charge in [-0.3, -0.25) is 5.84 Å². The first kappa shape index (κ1) is 14.8. The normalized spacial score (nSPS) is 12.7. The van der Waals surface area contributed by atoms with E-state index in [1.54, 1.807) is 12.1 Å². The van der Waals surface area contributed by atoms with Crippen molar-refractivity contribution in [2.24, 2.45) is 5.84 Å². The van der Waals surface area contributed by atoms with Crippen molar-refractivity contribution >= 4 is 11.5 Å². The van der Waals surface area contributed by atoms with E-state index < -0.39 is 5.82 Å². The topological polar surface area (TPSA) is 73.1 Å². The van der Waals surface area contributed by atoms with Crippen molar-refractivity contribution in [1.82, 2.24) is 15.0 Å². The Morgan fingerprint density at radius 2 is 2.15 bits per heavy atom. The van der Waals surface area contributed by atoms with E-state index in [9.17, 15) is 4.39 Å². The van der Waals surface area contributed by atoms with Crippen molar-refractivity contribution in [2.45, 2.75) is 25.8 Å². The number of benzene rings is 1. The Balaban J connectivity index is 2.42. The summed E-state index contributed by atoms with van der Waals surface area (Å²) in [5.74, 6) is 5.64. The zero-order valence-corrected chi connectivity index (χ0v) is 12.4. The Hall–Kier alpha value is -1.57. The molecule has 1 aromatic carbocycles. The standard InChI is InChI=1S/C13H17FN4OS/c1-7(2)11-13(20-18-17-11)12(16-15)8-4-5-10(19-3)9(14)6-8/h4-7,12,16H,15H2,1-3H3. The predicted molar refractivity (Wildman–Crippen MR) is 76.1 cm³/mol. The third kappa shape index (κ3) is 2.79. The van der Waals surface area contributed by atoms with Crippen molar-refractivity contribution in [1.29, 1.82) is 0 Å². The van der Waals surface area contributed by atoms with Crippen molar-refractivity contribution in [3.63, 3.8) is 0 Å². The minimum absolute atomic E-state index is 0.205. The van der Waals surface area contributed by atoms with Gasteiger partial charge in [0.25, 0.3) is 0 Å². The van der Waals surface area contributed by atoms with Crippen LogP contribution in [0.15, 0.2) is 18.2 Å². The van der Waals surface area contributed by atoms with Gasteiger partial charge in [0.15, 0.2) is 11.6 Å². The van der Waals surface area contributed by atoms with Crippen molar-refractivity contribution in [3.8, 4) is 5.75 Å². The van der Waals surface area contributed by atoms with Gasteiger partial charge in [0.1, 0.15) is 0 Å². The zero-order valence-electron chi connectivity index (χ0n) is 11.6. The summed E-state index contributed by atoms with van der Waals surface area (Å²) in [5.41, 5.74) is 4.28. The molecule has 1 aromatic heterocycles. The molecule has 5 nitrogen and oxygen atoms in total. The highest BCUT2D eigenvalue weighted by molar-refractivity contribution is 7.05. The number of nitrogens with zero attached hydrogens (tertiary/aromatic N) is 2. The minimum atomic E-state index is -0.422. The highest BCUT2D eigenvalue weighted by Gasteiger charge is 2.22. The Kier molecular flexibility index (Phi) is 4.64. The van der Waals surface area contributed by atoms with Gasteiger partial charge in [0, 0.05) is 0 Å². The SMILES string of the molecule is COc1ccc(C(NN)c2snnc2C(C)C)cc1F. The lowest BCUT2D eigenvalue weighted by Crippen LogP contribution is -2.29. The molecule has 1 unspecified atom stereocenters. The van der Waals surface area contributed by atoms with E-state index in [1.165, 1.54) is 24.7 Å². The second kappa shape index (κ2) is 6.25. The molecule has 108 valence electrons. The van der Waals surface area contributed by atoms with Crippen LogP contribution in [-0.2, 0) is 0 Å². The fraction of sp³-hybridized carbons (Fsp3) is 0.385. The van der Waals surface area contributed by atoms with E-state index in [1.807, 2.05) is 13.8 Å². The highest BCUT2D eigenvalue weighted by atomic mass is 32.1. The number of hydrazine groups is 1. The van der Waals surface area contributed by atoms with E-state index in [0.717, 1.165) is 10.6 Å². The molecule has 0 aliphatic rings. The average Bonchev–Trinajstić information content (AvgIpc) is 2.89. The summed E-state index contributed by atoms with van der Waals surface area (Å²) in [6.45, 7) is 4.06. The summed E-state index contributed by atoms with van der Waals surface area (Å²) in [6.07, 6.45) is 0. The third-order valence-electron chi connectivity index (χ3n) is 3.03. The van der Waals surface area contributed by atoms with E-state index in [2.05, 4.69) is 15.0 Å². The Morgan fingerprint density at radius 1 is 1.40 bits per heavy atom. The third-order valence-corrected chi connectivity index (χ3v) is 3.83. The first-order valence-corrected chi connectivity index (χ1v) is 6.97. The summed E-state index contributed by atoms with van der Waals surface area (Å²) in [7, 11) is 1.43. The lowest BCUT2D eigenvalue weighted by molar-refractivity contribution is 0.385. The summed E-state index contributed by atoms with van der Waals surface area (Å²) in [4.78, 5) is 0.895. The predicted octanol–water partition coefficient (Wildman–Crippen LogP) is 2.36. The Bertz CT molecular complexity index is 588. The quantitative estimate of drug-likeness (QED) is 0.654. The molecule has 1 atom stereocenters. The van der Waals surface area contributed by atoms with Crippen molar-refractivity contribution in [2.75, 3.05) is 7.11 Å². The molecule has 2 rings (SSSR count). The van der Waals surface area contributed by atoms with Crippen LogP contribution in [0.4, 0.5) is 4.39 Å². The second-order valence-corrected chi connectivity index (χ2v) is 5.46. The van der Waals surface area contributed by atoms with Crippen LogP contribution >= 0.6 is 11.5 Å². The number of ether oxygens (including phenoxy) is 1. The minimum Gasteiger partial charge on any atom is -0.494 e. The molecule has 0 radical (unpaired) electrons. The van der Waals surface area contributed by atoms with E-state index in [-0.39, 0.29) is 17.7 Å². The van der Waals surface area contributed by atoms with Gasteiger partial charge in [-0.15, -0.1) is 5.10 Å². The summed E-state index contributed by atoms with van der Waals surface area (Å²) in [5, 5.41) is 4.12. The second-order valence-electron chi connectivity index (χ2n) is 4.67. The fourth-order valence-corrected chi connectivity index (χ4v) is 2.89. The largest absolute Gasteiger partial charge is 0.494 e. The molecule has 1 heterocycles. The molecule has 0 spiro atoms. The van der Waals surface area contributed by atoms with Gasteiger partial charge >= 0.3 is 0 Å². The van der Waals surface area contributed by atoms with E-state index in [4.69, 9.17) is 10.6 Å². The molecule has 3 N–H and O–H groups in total. The molecule has 0 saturated heterocycles. The number of methoxy groups -OCH3 is 1. The van der Waals surface area contributed by atoms with Gasteiger partial charge in [-0.25, -0.2) is 9.82 Å². The van der Waals surface area contributed by atoms with Crippen LogP contribution in [-0.4, -0.2) is 16.7 Å². The van der Waals surface area contributed by atoms with Crippen molar-refractivity contribution in [3.05, 3.63) is 40.2 Å². The number of aromatic nitrogens is 2. The van der Waals surface area contributed by atoms with Crippen LogP contribution in [0, 0.1) is 5.82 Å². The van der Waals surface area contributed by atoms with Gasteiger partial charge in [-0.2, -0.15) is 0 Å². The maximum atomic E-state index is 13.8. The molecule has 0 amide bonds. The van der Waals surface area contributed by atoms with Crippen LogP contribution in [0.5, 0.6) is 5.75 Å². The van der Waals surface area contributed by atoms with E-state index >= 15 is 0 Å². The average molecular weight is 296 g/mol. The van der Waals surface area contributed by atoms with Crippen LogP contribution in [0.1, 0.15) is 41.9 Å². The van der Waals surface area contributed by atoms with Crippen molar-refractivity contribution < 1.29 is 9.13 Å². The number of halogens is 1. The summed E-state index contributed by atoms with van der Waals surface area (Å²) in [6, 6.07) is 4.43. The molecule has 0 fully saturated rings. The fourth-order valence-electron chi connectivity index (χ4n) is 1.99.